The molecule has 14 heteroatoms. The van der Waals surface area contributed by atoms with Gasteiger partial charge in [-0.15, -0.1) is 0 Å². The highest BCUT2D eigenvalue weighted by molar-refractivity contribution is 5.33. The second-order valence-corrected chi connectivity index (χ2v) is 21.1. The second-order valence-electron chi connectivity index (χ2n) is 21.1. The first-order valence-corrected chi connectivity index (χ1v) is 20.9. The molecule has 5 saturated carbocycles. The van der Waals surface area contributed by atoms with Crippen LogP contribution in [0.4, 0.5) is 0 Å². The van der Waals surface area contributed by atoms with E-state index < -0.39 is 96.8 Å². The van der Waals surface area contributed by atoms with Crippen molar-refractivity contribution in [2.75, 3.05) is 13.2 Å². The molecule has 2 spiro atoms. The van der Waals surface area contributed by atoms with E-state index in [0.29, 0.717) is 19.3 Å². The molecule has 0 amide bonds. The molecular weight excluding hydrogens is 716 g/mol. The first-order valence-electron chi connectivity index (χ1n) is 20.9. The number of aliphatic hydroxyl groups is 9. The van der Waals surface area contributed by atoms with Gasteiger partial charge >= 0.3 is 0 Å². The summed E-state index contributed by atoms with van der Waals surface area (Å²) in [4.78, 5) is 0. The van der Waals surface area contributed by atoms with Gasteiger partial charge in [-0.3, -0.25) is 0 Å². The topological polar surface area (TPSA) is 228 Å². The molecule has 316 valence electrons. The van der Waals surface area contributed by atoms with E-state index in [1.807, 2.05) is 0 Å². The minimum Gasteiger partial charge on any atom is -0.394 e. The van der Waals surface area contributed by atoms with Crippen molar-refractivity contribution >= 4 is 0 Å². The summed E-state index contributed by atoms with van der Waals surface area (Å²) in [5.74, 6) is 0.0159. The first kappa shape index (κ1) is 41.2. The van der Waals surface area contributed by atoms with Crippen LogP contribution in [0, 0.1) is 44.8 Å². The molecule has 0 unspecified atom stereocenters. The lowest BCUT2D eigenvalue weighted by atomic mass is 9.41. The molecule has 3 aliphatic heterocycles. The predicted molar refractivity (Wildman–Crippen MR) is 194 cm³/mol. The van der Waals surface area contributed by atoms with Crippen LogP contribution in [0.5, 0.6) is 0 Å². The van der Waals surface area contributed by atoms with Gasteiger partial charge in [-0.25, -0.2) is 0 Å². The first-order chi connectivity index (χ1) is 25.5. The van der Waals surface area contributed by atoms with Crippen molar-refractivity contribution in [2.24, 2.45) is 44.8 Å². The van der Waals surface area contributed by atoms with Crippen LogP contribution in [-0.2, 0) is 23.7 Å². The average molecular weight is 785 g/mol. The fraction of sp³-hybridized carbons (Fsp3) is 1.00. The van der Waals surface area contributed by atoms with Crippen molar-refractivity contribution in [3.63, 3.8) is 0 Å². The Morgan fingerprint density at radius 3 is 2.07 bits per heavy atom. The molecule has 55 heavy (non-hydrogen) atoms. The van der Waals surface area contributed by atoms with Crippen LogP contribution in [-0.4, -0.2) is 150 Å². The number of hydrogen-bond donors (Lipinski definition) is 9. The molecular formula is C41H68O14. The maximum atomic E-state index is 12.4. The van der Waals surface area contributed by atoms with E-state index in [-0.39, 0.29) is 52.1 Å². The Labute approximate surface area is 324 Å². The van der Waals surface area contributed by atoms with E-state index in [1.54, 1.807) is 13.8 Å². The number of aliphatic hydroxyl groups excluding tert-OH is 8. The van der Waals surface area contributed by atoms with Gasteiger partial charge in [-0.2, -0.15) is 0 Å². The van der Waals surface area contributed by atoms with E-state index in [0.717, 1.165) is 38.5 Å². The third-order valence-electron chi connectivity index (χ3n) is 17.6. The number of fused-ring (bicyclic) bond motifs is 2. The van der Waals surface area contributed by atoms with Crippen molar-refractivity contribution < 1.29 is 69.6 Å². The van der Waals surface area contributed by atoms with Crippen LogP contribution in [0.2, 0.25) is 0 Å². The summed E-state index contributed by atoms with van der Waals surface area (Å²) in [6.07, 6.45) is -7.87. The van der Waals surface area contributed by atoms with Gasteiger partial charge < -0.3 is 69.6 Å². The Hall–Kier alpha value is -0.560. The molecule has 0 aromatic rings. The van der Waals surface area contributed by atoms with Gasteiger partial charge in [0.15, 0.2) is 12.6 Å². The quantitative estimate of drug-likeness (QED) is 0.162. The van der Waals surface area contributed by atoms with Gasteiger partial charge in [0, 0.05) is 5.92 Å². The molecule has 5 aliphatic carbocycles. The van der Waals surface area contributed by atoms with Crippen molar-refractivity contribution in [3.8, 4) is 0 Å². The molecule has 0 aromatic carbocycles. The zero-order chi connectivity index (χ0) is 40.1. The molecule has 0 aromatic heterocycles. The third-order valence-corrected chi connectivity index (χ3v) is 17.6. The predicted octanol–water partition coefficient (Wildman–Crippen LogP) is 0.724. The van der Waals surface area contributed by atoms with Crippen molar-refractivity contribution in [1.82, 2.24) is 0 Å². The Bertz CT molecular complexity index is 1460. The standard InChI is InChI=1S/C41H68O14/c1-35(2)24(53-34-30(26(46)21(45)17-51-34)54-33-29(49)28(48)27(47)22(16-42)52-33)9-11-41-18-40(41)13-12-37(5)32(39(7)10-8-25(55-39)36(3,4)50)20(44)15-38(37,6)23(40)14-19(43)31(35)41/h19-34,42-50H,8-18H2,1-7H3/t19-,20-,21+,22+,23-,24-,25-,26+,27-,28-,29+,30+,31-,32-,33-,34+,37+,38-,39+,40-,41+/m0/s1. The number of ether oxygens (including phenoxy) is 5. The van der Waals surface area contributed by atoms with Gasteiger partial charge in [0.05, 0.1) is 48.8 Å². The van der Waals surface area contributed by atoms with Gasteiger partial charge in [0.25, 0.3) is 0 Å². The lowest BCUT2D eigenvalue weighted by Crippen LogP contribution is -2.64. The molecule has 3 heterocycles. The number of hydrogen-bond acceptors (Lipinski definition) is 14. The molecule has 21 atom stereocenters. The van der Waals surface area contributed by atoms with E-state index in [2.05, 4.69) is 34.6 Å². The SMILES string of the molecule is CC(C)(O)[C@@H]1CC[C@](C)([C@H]2[C@@H](O)C[C@@]3(C)[C@@H]4C[C@H](O)[C@H]5C(C)(C)[C@@H](O[C@H]6OC[C@@H](O)[C@@H](O)[C@H]6O[C@@H]6O[C@H](CO)[C@H](O)[C@H](O)[C@H]6O)CC[C@@]56C[C@@]46CC[C@]23C)O1. The highest BCUT2D eigenvalue weighted by Crippen LogP contribution is 2.89. The summed E-state index contributed by atoms with van der Waals surface area (Å²) < 4.78 is 30.9. The average Bonchev–Trinajstić information content (AvgIpc) is 3.45. The molecule has 0 bridgehead atoms. The van der Waals surface area contributed by atoms with Crippen molar-refractivity contribution in [3.05, 3.63) is 0 Å². The molecule has 8 fully saturated rings. The molecule has 8 rings (SSSR count). The summed E-state index contributed by atoms with van der Waals surface area (Å²) in [6.45, 7) is 13.8. The van der Waals surface area contributed by atoms with E-state index in [4.69, 9.17) is 23.7 Å². The lowest BCUT2D eigenvalue weighted by molar-refractivity contribution is -0.366. The summed E-state index contributed by atoms with van der Waals surface area (Å²) >= 11 is 0. The Morgan fingerprint density at radius 2 is 1.42 bits per heavy atom. The zero-order valence-corrected chi connectivity index (χ0v) is 33.6. The largest absolute Gasteiger partial charge is 0.394 e. The molecule has 8 aliphatic rings. The van der Waals surface area contributed by atoms with E-state index in [1.165, 1.54) is 0 Å². The van der Waals surface area contributed by atoms with Gasteiger partial charge in [-0.05, 0) is 117 Å². The third kappa shape index (κ3) is 5.70. The van der Waals surface area contributed by atoms with E-state index in [9.17, 15) is 46.0 Å². The molecule has 9 N–H and O–H groups in total. The van der Waals surface area contributed by atoms with Crippen LogP contribution in [0.25, 0.3) is 0 Å². The maximum absolute atomic E-state index is 12.4. The minimum atomic E-state index is -1.72. The Balaban J connectivity index is 1.02. The van der Waals surface area contributed by atoms with Crippen LogP contribution < -0.4 is 0 Å². The van der Waals surface area contributed by atoms with Crippen molar-refractivity contribution in [2.45, 2.75) is 197 Å². The summed E-state index contributed by atoms with van der Waals surface area (Å²) in [6, 6.07) is 0. The maximum Gasteiger partial charge on any atom is 0.187 e. The fourth-order valence-electron chi connectivity index (χ4n) is 14.9. The van der Waals surface area contributed by atoms with Gasteiger partial charge in [0.2, 0.25) is 0 Å². The number of rotatable bonds is 7. The fourth-order valence-corrected chi connectivity index (χ4v) is 14.9. The Kier molecular flexibility index (Phi) is 9.90. The van der Waals surface area contributed by atoms with Gasteiger partial charge in [0.1, 0.15) is 42.7 Å². The van der Waals surface area contributed by atoms with Crippen LogP contribution >= 0.6 is 0 Å². The molecule has 14 nitrogen and oxygen atoms in total. The molecule has 0 radical (unpaired) electrons. The summed E-state index contributed by atoms with van der Waals surface area (Å²) in [5.41, 5.74) is -2.64. The van der Waals surface area contributed by atoms with Crippen molar-refractivity contribution in [1.29, 1.82) is 0 Å². The highest BCUT2D eigenvalue weighted by atomic mass is 16.8. The summed E-state index contributed by atoms with van der Waals surface area (Å²) in [5, 5.41) is 97.9. The van der Waals surface area contributed by atoms with Crippen LogP contribution in [0.1, 0.15) is 106 Å². The van der Waals surface area contributed by atoms with Gasteiger partial charge in [-0.1, -0.05) is 27.7 Å². The smallest absolute Gasteiger partial charge is 0.187 e. The van der Waals surface area contributed by atoms with E-state index >= 15 is 0 Å². The highest BCUT2D eigenvalue weighted by Gasteiger charge is 2.85. The minimum absolute atomic E-state index is 0.0193. The Morgan fingerprint density at radius 1 is 0.709 bits per heavy atom. The van der Waals surface area contributed by atoms with Crippen LogP contribution in [0.3, 0.4) is 0 Å². The second kappa shape index (κ2) is 13.2. The molecule has 3 saturated heterocycles. The van der Waals surface area contributed by atoms with Crippen LogP contribution in [0.15, 0.2) is 0 Å². The monoisotopic (exact) mass is 784 g/mol. The lowest BCUT2D eigenvalue weighted by Gasteiger charge is -2.64. The normalized spacial score (nSPS) is 58.7. The summed E-state index contributed by atoms with van der Waals surface area (Å²) in [7, 11) is 0. The zero-order valence-electron chi connectivity index (χ0n) is 33.6.